The number of ether oxygens (including phenoxy) is 4. The molecule has 1 aromatic rings. The highest BCUT2D eigenvalue weighted by Crippen LogP contribution is 2.34. The first-order chi connectivity index (χ1) is 9.15. The van der Waals surface area contributed by atoms with Crippen LogP contribution in [0.3, 0.4) is 0 Å². The molecule has 6 heteroatoms. The zero-order valence-corrected chi connectivity index (χ0v) is 11.6. The number of carbonyl (C=O) groups excluding carboxylic acids is 1. The summed E-state index contributed by atoms with van der Waals surface area (Å²) in [6, 6.07) is 3.55. The lowest BCUT2D eigenvalue weighted by Crippen LogP contribution is -2.23. The summed E-state index contributed by atoms with van der Waals surface area (Å²) in [5, 5.41) is 2.96. The number of rotatable bonds is 7. The Morgan fingerprint density at radius 2 is 1.58 bits per heavy atom. The fourth-order valence-electron chi connectivity index (χ4n) is 1.60. The molecule has 0 atom stereocenters. The minimum atomic E-state index is -0.320. The highest BCUT2D eigenvalue weighted by molar-refractivity contribution is 5.71. The number of methoxy groups -OCH3 is 4. The molecule has 0 heterocycles. The highest BCUT2D eigenvalue weighted by atomic mass is 16.5. The Balaban J connectivity index is 2.83. The van der Waals surface area contributed by atoms with E-state index in [1.807, 2.05) is 6.07 Å². The fourth-order valence-corrected chi connectivity index (χ4v) is 1.60. The van der Waals surface area contributed by atoms with Crippen LogP contribution in [-0.4, -0.2) is 41.0 Å². The monoisotopic (exact) mass is 269 g/mol. The second-order valence-electron chi connectivity index (χ2n) is 3.70. The van der Waals surface area contributed by atoms with E-state index in [1.165, 1.54) is 7.11 Å². The minimum Gasteiger partial charge on any atom is -0.496 e. The van der Waals surface area contributed by atoms with Gasteiger partial charge in [-0.1, -0.05) is 0 Å². The van der Waals surface area contributed by atoms with Crippen LogP contribution in [-0.2, 0) is 16.1 Å². The van der Waals surface area contributed by atoms with Gasteiger partial charge in [0.1, 0.15) is 5.75 Å². The van der Waals surface area contributed by atoms with Crippen molar-refractivity contribution in [1.29, 1.82) is 0 Å². The van der Waals surface area contributed by atoms with Gasteiger partial charge in [-0.05, 0) is 6.07 Å². The smallest absolute Gasteiger partial charge is 0.319 e. The van der Waals surface area contributed by atoms with Crippen molar-refractivity contribution in [2.45, 2.75) is 6.54 Å². The lowest BCUT2D eigenvalue weighted by atomic mass is 10.1. The van der Waals surface area contributed by atoms with E-state index < -0.39 is 0 Å². The molecule has 0 unspecified atom stereocenters. The van der Waals surface area contributed by atoms with E-state index in [1.54, 1.807) is 27.4 Å². The van der Waals surface area contributed by atoms with Gasteiger partial charge in [0, 0.05) is 18.2 Å². The van der Waals surface area contributed by atoms with E-state index in [4.69, 9.17) is 14.2 Å². The molecule has 0 aliphatic rings. The SMILES string of the molecule is COC(=O)CNCc1cc(OC)c(OC)cc1OC. The van der Waals surface area contributed by atoms with Crippen molar-refractivity contribution < 1.29 is 23.7 Å². The largest absolute Gasteiger partial charge is 0.496 e. The first-order valence-electron chi connectivity index (χ1n) is 5.72. The standard InChI is InChI=1S/C13H19NO5/c1-16-10-6-12(18-3)11(17-2)5-9(10)7-14-8-13(15)19-4/h5-6,14H,7-8H2,1-4H3. The third-order valence-corrected chi connectivity index (χ3v) is 2.60. The highest BCUT2D eigenvalue weighted by Gasteiger charge is 2.11. The molecule has 0 amide bonds. The third kappa shape index (κ3) is 4.03. The number of hydrogen-bond acceptors (Lipinski definition) is 6. The van der Waals surface area contributed by atoms with E-state index in [-0.39, 0.29) is 12.5 Å². The van der Waals surface area contributed by atoms with Crippen LogP contribution in [0.15, 0.2) is 12.1 Å². The van der Waals surface area contributed by atoms with E-state index in [9.17, 15) is 4.79 Å². The summed E-state index contributed by atoms with van der Waals surface area (Å²) in [5.74, 6) is 1.55. The van der Waals surface area contributed by atoms with Crippen LogP contribution < -0.4 is 19.5 Å². The molecular weight excluding hydrogens is 250 g/mol. The lowest BCUT2D eigenvalue weighted by molar-refractivity contribution is -0.139. The van der Waals surface area contributed by atoms with Gasteiger partial charge in [0.15, 0.2) is 11.5 Å². The maximum atomic E-state index is 11.0. The number of nitrogens with one attached hydrogen (secondary N) is 1. The summed E-state index contributed by atoms with van der Waals surface area (Å²) >= 11 is 0. The van der Waals surface area contributed by atoms with Crippen molar-refractivity contribution in [2.24, 2.45) is 0 Å². The molecule has 0 fully saturated rings. The number of benzene rings is 1. The predicted octanol–water partition coefficient (Wildman–Crippen LogP) is 0.975. The summed E-state index contributed by atoms with van der Waals surface area (Å²) in [7, 11) is 6.05. The van der Waals surface area contributed by atoms with Crippen molar-refractivity contribution in [3.8, 4) is 17.2 Å². The summed E-state index contributed by atoms with van der Waals surface area (Å²) in [4.78, 5) is 11.0. The Hall–Kier alpha value is -1.95. The molecular formula is C13H19NO5. The molecule has 0 saturated heterocycles. The summed E-state index contributed by atoms with van der Waals surface area (Å²) < 4.78 is 20.2. The van der Waals surface area contributed by atoms with Gasteiger partial charge < -0.3 is 24.3 Å². The van der Waals surface area contributed by atoms with Crippen LogP contribution in [0.2, 0.25) is 0 Å². The second-order valence-corrected chi connectivity index (χ2v) is 3.70. The molecule has 1 aromatic carbocycles. The van der Waals surface area contributed by atoms with Gasteiger partial charge in [-0.15, -0.1) is 0 Å². The normalized spacial score (nSPS) is 9.89. The first-order valence-corrected chi connectivity index (χ1v) is 5.72. The van der Waals surface area contributed by atoms with Gasteiger partial charge in [0.25, 0.3) is 0 Å². The molecule has 0 bridgehead atoms. The Kier molecular flexibility index (Phi) is 5.95. The molecule has 0 aliphatic heterocycles. The molecule has 0 spiro atoms. The van der Waals surface area contributed by atoms with Crippen LogP contribution in [0.4, 0.5) is 0 Å². The zero-order valence-electron chi connectivity index (χ0n) is 11.6. The van der Waals surface area contributed by atoms with Gasteiger partial charge >= 0.3 is 5.97 Å². The van der Waals surface area contributed by atoms with Crippen molar-refractivity contribution >= 4 is 5.97 Å². The number of esters is 1. The molecule has 106 valence electrons. The van der Waals surface area contributed by atoms with E-state index in [0.29, 0.717) is 23.8 Å². The van der Waals surface area contributed by atoms with Gasteiger partial charge in [-0.3, -0.25) is 4.79 Å². The molecule has 1 N–H and O–H groups in total. The van der Waals surface area contributed by atoms with Crippen molar-refractivity contribution in [2.75, 3.05) is 35.0 Å². The van der Waals surface area contributed by atoms with Crippen LogP contribution >= 0.6 is 0 Å². The van der Waals surface area contributed by atoms with Crippen molar-refractivity contribution in [3.63, 3.8) is 0 Å². The summed E-state index contributed by atoms with van der Waals surface area (Å²) in [5.41, 5.74) is 0.865. The Bertz CT molecular complexity index is 433. The molecule has 6 nitrogen and oxygen atoms in total. The zero-order chi connectivity index (χ0) is 14.3. The molecule has 0 aliphatic carbocycles. The summed E-state index contributed by atoms with van der Waals surface area (Å²) in [6.45, 7) is 0.590. The van der Waals surface area contributed by atoms with Gasteiger partial charge in [0.05, 0.1) is 35.0 Å². The van der Waals surface area contributed by atoms with Crippen LogP contribution in [0.5, 0.6) is 17.2 Å². The van der Waals surface area contributed by atoms with Crippen molar-refractivity contribution in [3.05, 3.63) is 17.7 Å². The predicted molar refractivity (Wildman–Crippen MR) is 69.8 cm³/mol. The van der Waals surface area contributed by atoms with E-state index in [0.717, 1.165) is 5.56 Å². The molecule has 0 aromatic heterocycles. The van der Waals surface area contributed by atoms with Crippen LogP contribution in [0, 0.1) is 0 Å². The number of carbonyl (C=O) groups is 1. The maximum Gasteiger partial charge on any atom is 0.319 e. The van der Waals surface area contributed by atoms with Crippen molar-refractivity contribution in [1.82, 2.24) is 5.32 Å². The Morgan fingerprint density at radius 3 is 2.11 bits per heavy atom. The summed E-state index contributed by atoms with van der Waals surface area (Å²) in [6.07, 6.45) is 0. The quantitative estimate of drug-likeness (QED) is 0.744. The van der Waals surface area contributed by atoms with E-state index >= 15 is 0 Å². The Labute approximate surface area is 112 Å². The molecule has 1 rings (SSSR count). The molecule has 19 heavy (non-hydrogen) atoms. The lowest BCUT2D eigenvalue weighted by Gasteiger charge is -2.14. The first kappa shape index (κ1) is 15.1. The van der Waals surface area contributed by atoms with Gasteiger partial charge in [-0.25, -0.2) is 0 Å². The average Bonchev–Trinajstić information content (AvgIpc) is 2.46. The van der Waals surface area contributed by atoms with Gasteiger partial charge in [0.2, 0.25) is 0 Å². The second kappa shape index (κ2) is 7.48. The topological polar surface area (TPSA) is 66.0 Å². The van der Waals surface area contributed by atoms with Gasteiger partial charge in [-0.2, -0.15) is 0 Å². The maximum absolute atomic E-state index is 11.0. The van der Waals surface area contributed by atoms with E-state index in [2.05, 4.69) is 10.1 Å². The third-order valence-electron chi connectivity index (χ3n) is 2.60. The molecule has 0 saturated carbocycles. The average molecular weight is 269 g/mol. The Morgan fingerprint density at radius 1 is 1.00 bits per heavy atom. The fraction of sp³-hybridized carbons (Fsp3) is 0.462. The molecule has 0 radical (unpaired) electrons. The minimum absolute atomic E-state index is 0.133. The number of hydrogen-bond donors (Lipinski definition) is 1. The van der Waals surface area contributed by atoms with Crippen LogP contribution in [0.25, 0.3) is 0 Å². The van der Waals surface area contributed by atoms with Crippen LogP contribution in [0.1, 0.15) is 5.56 Å².